The molecule has 0 aliphatic heterocycles. The summed E-state index contributed by atoms with van der Waals surface area (Å²) in [7, 11) is 6.20. The fraction of sp³-hybridized carbons (Fsp3) is 0.364. The Labute approximate surface area is 165 Å². The topological polar surface area (TPSA) is 71.1 Å². The number of carbonyl (C=O) groups excluding carboxylic acids is 2. The van der Waals surface area contributed by atoms with Crippen LogP contribution in [0.3, 0.4) is 0 Å². The van der Waals surface area contributed by atoms with Gasteiger partial charge in [0, 0.05) is 29.2 Å². The Morgan fingerprint density at radius 1 is 0.679 bits per heavy atom. The van der Waals surface area contributed by atoms with Gasteiger partial charge in [-0.2, -0.15) is 0 Å². The predicted octanol–water partition coefficient (Wildman–Crippen LogP) is 3.65. The molecule has 0 spiro atoms. The summed E-state index contributed by atoms with van der Waals surface area (Å²) in [6.45, 7) is 2.84. The molecular formula is C22H26O6. The van der Waals surface area contributed by atoms with Gasteiger partial charge in [-0.05, 0) is 26.0 Å². The number of ketones is 2. The average Bonchev–Trinajstić information content (AvgIpc) is 2.70. The average molecular weight is 386 g/mol. The molecule has 0 aliphatic carbocycles. The Kier molecular flexibility index (Phi) is 7.04. The second kappa shape index (κ2) is 9.26. The lowest BCUT2D eigenvalue weighted by Crippen LogP contribution is -2.28. The van der Waals surface area contributed by atoms with E-state index in [1.807, 2.05) is 12.1 Å². The van der Waals surface area contributed by atoms with Crippen molar-refractivity contribution >= 4 is 11.6 Å². The van der Waals surface area contributed by atoms with E-state index >= 15 is 0 Å². The molecule has 0 radical (unpaired) electrons. The van der Waals surface area contributed by atoms with Crippen LogP contribution in [0.2, 0.25) is 0 Å². The smallest absolute Gasteiger partial charge is 0.141 e. The summed E-state index contributed by atoms with van der Waals surface area (Å²) < 4.78 is 21.6. The Morgan fingerprint density at radius 3 is 1.36 bits per heavy atom. The summed E-state index contributed by atoms with van der Waals surface area (Å²) in [6, 6.07) is 10.6. The van der Waals surface area contributed by atoms with E-state index in [1.54, 1.807) is 38.5 Å². The Balaban J connectivity index is 2.79. The lowest BCUT2D eigenvalue weighted by Gasteiger charge is -2.27. The lowest BCUT2D eigenvalue weighted by atomic mass is 9.76. The maximum atomic E-state index is 12.5. The van der Waals surface area contributed by atoms with Gasteiger partial charge in [-0.1, -0.05) is 12.1 Å². The van der Waals surface area contributed by atoms with Crippen LogP contribution >= 0.6 is 0 Å². The molecule has 2 aromatic rings. The van der Waals surface area contributed by atoms with Gasteiger partial charge in [0.25, 0.3) is 0 Å². The summed E-state index contributed by atoms with van der Waals surface area (Å²) >= 11 is 0. The van der Waals surface area contributed by atoms with E-state index in [0.717, 1.165) is 0 Å². The number of ether oxygens (including phenoxy) is 4. The monoisotopic (exact) mass is 386 g/mol. The van der Waals surface area contributed by atoms with E-state index in [2.05, 4.69) is 0 Å². The van der Waals surface area contributed by atoms with E-state index in [9.17, 15) is 9.59 Å². The highest BCUT2D eigenvalue weighted by atomic mass is 16.5. The molecule has 6 heteroatoms. The van der Waals surface area contributed by atoms with Crippen LogP contribution in [0.1, 0.15) is 30.9 Å². The van der Waals surface area contributed by atoms with Crippen molar-refractivity contribution in [1.29, 1.82) is 0 Å². The van der Waals surface area contributed by atoms with E-state index < -0.39 is 11.8 Å². The van der Waals surface area contributed by atoms with Crippen molar-refractivity contribution in [3.8, 4) is 23.0 Å². The highest BCUT2D eigenvalue weighted by Crippen LogP contribution is 2.44. The zero-order valence-electron chi connectivity index (χ0n) is 17.1. The molecule has 0 aromatic heterocycles. The maximum Gasteiger partial charge on any atom is 0.141 e. The van der Waals surface area contributed by atoms with Gasteiger partial charge in [-0.3, -0.25) is 9.59 Å². The summed E-state index contributed by atoms with van der Waals surface area (Å²) in [5.74, 6) is 0.346. The summed E-state index contributed by atoms with van der Waals surface area (Å²) in [6.07, 6.45) is 0. The molecule has 0 aliphatic rings. The number of hydrogen-bond acceptors (Lipinski definition) is 6. The molecule has 0 atom stereocenters. The van der Waals surface area contributed by atoms with Crippen molar-refractivity contribution < 1.29 is 28.5 Å². The molecule has 0 saturated heterocycles. The first-order valence-corrected chi connectivity index (χ1v) is 8.82. The number of Topliss-reactive ketones (excluding diaryl/α,β-unsaturated/α-hetero) is 2. The Hall–Kier alpha value is -3.02. The standard InChI is InChI=1S/C22H26O6/c1-13(23)21(14(2)24)22(17-9-7-15(25-3)11-19(17)27-5)18-10-8-16(26-4)12-20(18)28-6/h7-12,21-22H,1-6H3. The molecule has 6 nitrogen and oxygen atoms in total. The third kappa shape index (κ3) is 4.27. The van der Waals surface area contributed by atoms with Gasteiger partial charge >= 0.3 is 0 Å². The first-order valence-electron chi connectivity index (χ1n) is 8.82. The van der Waals surface area contributed by atoms with Crippen LogP contribution in [0.25, 0.3) is 0 Å². The molecule has 0 N–H and O–H groups in total. The van der Waals surface area contributed by atoms with Gasteiger partial charge in [0.15, 0.2) is 0 Å². The quantitative estimate of drug-likeness (QED) is 0.613. The van der Waals surface area contributed by atoms with Crippen LogP contribution in [0.15, 0.2) is 36.4 Å². The zero-order chi connectivity index (χ0) is 20.8. The van der Waals surface area contributed by atoms with Crippen molar-refractivity contribution in [2.24, 2.45) is 5.92 Å². The summed E-state index contributed by atoms with van der Waals surface area (Å²) in [5.41, 5.74) is 1.39. The molecule has 2 aromatic carbocycles. The number of carbonyl (C=O) groups is 2. The van der Waals surface area contributed by atoms with E-state index in [-0.39, 0.29) is 11.6 Å². The summed E-state index contributed by atoms with van der Waals surface area (Å²) in [4.78, 5) is 24.9. The minimum atomic E-state index is -0.885. The van der Waals surface area contributed by atoms with Gasteiger partial charge < -0.3 is 18.9 Å². The highest BCUT2D eigenvalue weighted by Gasteiger charge is 2.36. The first kappa shape index (κ1) is 21.3. The van der Waals surface area contributed by atoms with Gasteiger partial charge in [0.05, 0.1) is 34.4 Å². The minimum Gasteiger partial charge on any atom is -0.497 e. The molecule has 0 fully saturated rings. The van der Waals surface area contributed by atoms with Crippen molar-refractivity contribution in [2.75, 3.05) is 28.4 Å². The number of methoxy groups -OCH3 is 4. The molecule has 0 heterocycles. The van der Waals surface area contributed by atoms with Crippen LogP contribution in [0.5, 0.6) is 23.0 Å². The molecule has 0 saturated carbocycles. The fourth-order valence-corrected chi connectivity index (χ4v) is 3.43. The molecule has 0 unspecified atom stereocenters. The number of hydrogen-bond donors (Lipinski definition) is 0. The second-order valence-electron chi connectivity index (χ2n) is 6.39. The van der Waals surface area contributed by atoms with Crippen LogP contribution in [0, 0.1) is 5.92 Å². The van der Waals surface area contributed by atoms with Gasteiger partial charge in [-0.15, -0.1) is 0 Å². The van der Waals surface area contributed by atoms with Gasteiger partial charge in [0.1, 0.15) is 34.6 Å². The molecule has 150 valence electrons. The van der Waals surface area contributed by atoms with Crippen molar-refractivity contribution in [3.63, 3.8) is 0 Å². The van der Waals surface area contributed by atoms with E-state index in [4.69, 9.17) is 18.9 Å². The third-order valence-corrected chi connectivity index (χ3v) is 4.76. The highest BCUT2D eigenvalue weighted by molar-refractivity contribution is 6.02. The Bertz CT molecular complexity index is 789. The fourth-order valence-electron chi connectivity index (χ4n) is 3.43. The SMILES string of the molecule is COc1ccc(C(c2ccc(OC)cc2OC)C(C(C)=O)C(C)=O)c(OC)c1. The molecule has 2 rings (SSSR count). The predicted molar refractivity (Wildman–Crippen MR) is 106 cm³/mol. The van der Waals surface area contributed by atoms with E-state index in [1.165, 1.54) is 28.1 Å². The normalized spacial score (nSPS) is 10.7. The number of rotatable bonds is 9. The largest absolute Gasteiger partial charge is 0.497 e. The van der Waals surface area contributed by atoms with Crippen molar-refractivity contribution in [1.82, 2.24) is 0 Å². The van der Waals surface area contributed by atoms with Gasteiger partial charge in [0.2, 0.25) is 0 Å². The van der Waals surface area contributed by atoms with E-state index in [0.29, 0.717) is 34.1 Å². The van der Waals surface area contributed by atoms with Crippen LogP contribution in [-0.4, -0.2) is 40.0 Å². The lowest BCUT2D eigenvalue weighted by molar-refractivity contribution is -0.130. The first-order chi connectivity index (χ1) is 13.4. The molecule has 28 heavy (non-hydrogen) atoms. The molecule has 0 bridgehead atoms. The molecular weight excluding hydrogens is 360 g/mol. The van der Waals surface area contributed by atoms with Crippen molar-refractivity contribution in [3.05, 3.63) is 47.5 Å². The van der Waals surface area contributed by atoms with Gasteiger partial charge in [-0.25, -0.2) is 0 Å². The maximum absolute atomic E-state index is 12.5. The number of benzene rings is 2. The van der Waals surface area contributed by atoms with Crippen LogP contribution < -0.4 is 18.9 Å². The summed E-state index contributed by atoms with van der Waals surface area (Å²) in [5, 5.41) is 0. The van der Waals surface area contributed by atoms with Crippen molar-refractivity contribution in [2.45, 2.75) is 19.8 Å². The second-order valence-corrected chi connectivity index (χ2v) is 6.39. The Morgan fingerprint density at radius 2 is 1.07 bits per heavy atom. The minimum absolute atomic E-state index is 0.228. The third-order valence-electron chi connectivity index (χ3n) is 4.76. The molecule has 0 amide bonds. The van der Waals surface area contributed by atoms with Crippen LogP contribution in [-0.2, 0) is 9.59 Å². The zero-order valence-corrected chi connectivity index (χ0v) is 17.1. The van der Waals surface area contributed by atoms with Crippen LogP contribution in [0.4, 0.5) is 0 Å².